The zero-order valence-corrected chi connectivity index (χ0v) is 13.5. The molecule has 2 aromatic carbocycles. The van der Waals surface area contributed by atoms with Crippen LogP contribution in [-0.4, -0.2) is 24.1 Å². The number of methoxy groups -OCH3 is 1. The number of fused-ring (bicyclic) bond motifs is 1. The molecule has 0 aliphatic heterocycles. The Hall–Kier alpha value is -3.08. The third-order valence-corrected chi connectivity index (χ3v) is 3.60. The van der Waals surface area contributed by atoms with Crippen LogP contribution in [0.2, 0.25) is 0 Å². The molecule has 0 bridgehead atoms. The lowest BCUT2D eigenvalue weighted by atomic mass is 10.2. The monoisotopic (exact) mass is 322 g/mol. The molecule has 5 heteroatoms. The summed E-state index contributed by atoms with van der Waals surface area (Å²) in [7, 11) is 1.60. The van der Waals surface area contributed by atoms with Gasteiger partial charge in [0, 0.05) is 5.39 Å². The fourth-order valence-corrected chi connectivity index (χ4v) is 2.30. The van der Waals surface area contributed by atoms with Crippen molar-refractivity contribution in [3.05, 3.63) is 60.8 Å². The lowest BCUT2D eigenvalue weighted by Crippen LogP contribution is -2.30. The number of ether oxygens (including phenoxy) is 2. The van der Waals surface area contributed by atoms with Crippen LogP contribution < -0.4 is 14.8 Å². The van der Waals surface area contributed by atoms with Crippen LogP contribution in [0.25, 0.3) is 10.9 Å². The quantitative estimate of drug-likeness (QED) is 0.779. The molecule has 0 spiro atoms. The van der Waals surface area contributed by atoms with Crippen LogP contribution in [0, 0.1) is 0 Å². The van der Waals surface area contributed by atoms with Crippen LogP contribution in [0.4, 0.5) is 5.69 Å². The van der Waals surface area contributed by atoms with Gasteiger partial charge in [-0.1, -0.05) is 18.2 Å². The summed E-state index contributed by atoms with van der Waals surface area (Å²) in [4.78, 5) is 16.6. The van der Waals surface area contributed by atoms with Crippen LogP contribution in [-0.2, 0) is 4.79 Å². The fourth-order valence-electron chi connectivity index (χ4n) is 2.30. The maximum Gasteiger partial charge on any atom is 0.265 e. The summed E-state index contributed by atoms with van der Waals surface area (Å²) in [5, 5.41) is 3.80. The second-order valence-electron chi connectivity index (χ2n) is 5.34. The number of amides is 1. The predicted octanol–water partition coefficient (Wildman–Crippen LogP) is 3.65. The number of benzene rings is 2. The summed E-state index contributed by atoms with van der Waals surface area (Å²) in [6, 6.07) is 16.7. The SMILES string of the molecule is COc1ccc(O[C@@H](C)C(=O)Nc2cnc3ccccc3c2)cc1. The number of rotatable bonds is 5. The molecule has 0 aliphatic carbocycles. The summed E-state index contributed by atoms with van der Waals surface area (Å²) in [5.74, 6) is 1.11. The highest BCUT2D eigenvalue weighted by atomic mass is 16.5. The second kappa shape index (κ2) is 7.00. The van der Waals surface area contributed by atoms with E-state index in [0.717, 1.165) is 16.7 Å². The molecule has 0 aliphatic rings. The largest absolute Gasteiger partial charge is 0.497 e. The number of nitrogens with zero attached hydrogens (tertiary/aromatic N) is 1. The third kappa shape index (κ3) is 3.63. The minimum atomic E-state index is -0.634. The Morgan fingerprint density at radius 3 is 2.54 bits per heavy atom. The van der Waals surface area contributed by atoms with E-state index >= 15 is 0 Å². The van der Waals surface area contributed by atoms with E-state index in [-0.39, 0.29) is 5.91 Å². The maximum absolute atomic E-state index is 12.3. The minimum absolute atomic E-state index is 0.233. The molecular weight excluding hydrogens is 304 g/mol. The molecule has 3 aromatic rings. The van der Waals surface area contributed by atoms with E-state index in [1.807, 2.05) is 30.3 Å². The van der Waals surface area contributed by atoms with Crippen molar-refractivity contribution >= 4 is 22.5 Å². The highest BCUT2D eigenvalue weighted by Crippen LogP contribution is 2.19. The van der Waals surface area contributed by atoms with Crippen molar-refractivity contribution in [1.82, 2.24) is 4.98 Å². The summed E-state index contributed by atoms with van der Waals surface area (Å²) < 4.78 is 10.7. The lowest BCUT2D eigenvalue weighted by Gasteiger charge is -2.15. The first kappa shape index (κ1) is 15.8. The number of hydrogen-bond acceptors (Lipinski definition) is 4. The molecule has 122 valence electrons. The topological polar surface area (TPSA) is 60.5 Å². The van der Waals surface area contributed by atoms with E-state index in [1.165, 1.54) is 0 Å². The van der Waals surface area contributed by atoms with Gasteiger partial charge < -0.3 is 14.8 Å². The van der Waals surface area contributed by atoms with Crippen molar-refractivity contribution in [3.63, 3.8) is 0 Å². The van der Waals surface area contributed by atoms with Crippen molar-refractivity contribution in [1.29, 1.82) is 0 Å². The van der Waals surface area contributed by atoms with Gasteiger partial charge in [0.05, 0.1) is 24.5 Å². The zero-order chi connectivity index (χ0) is 16.9. The van der Waals surface area contributed by atoms with E-state index in [0.29, 0.717) is 11.4 Å². The van der Waals surface area contributed by atoms with Gasteiger partial charge in [0.1, 0.15) is 11.5 Å². The summed E-state index contributed by atoms with van der Waals surface area (Å²) in [6.07, 6.45) is 1.00. The molecule has 1 aromatic heterocycles. The van der Waals surface area contributed by atoms with Gasteiger partial charge in [-0.2, -0.15) is 0 Å². The van der Waals surface area contributed by atoms with Gasteiger partial charge in [0.25, 0.3) is 5.91 Å². The Bertz CT molecular complexity index is 847. The molecule has 1 atom stereocenters. The molecule has 1 N–H and O–H groups in total. The number of carbonyl (C=O) groups is 1. The minimum Gasteiger partial charge on any atom is -0.497 e. The molecule has 24 heavy (non-hydrogen) atoms. The average molecular weight is 322 g/mol. The Kier molecular flexibility index (Phi) is 4.61. The number of hydrogen-bond donors (Lipinski definition) is 1. The summed E-state index contributed by atoms with van der Waals surface area (Å²) in [6.45, 7) is 1.70. The highest BCUT2D eigenvalue weighted by molar-refractivity contribution is 5.95. The fraction of sp³-hybridized carbons (Fsp3) is 0.158. The Labute approximate surface area is 140 Å². The normalized spacial score (nSPS) is 11.8. The standard InChI is InChI=1S/C19H18N2O3/c1-13(24-17-9-7-16(23-2)8-10-17)19(22)21-15-11-14-5-3-4-6-18(14)20-12-15/h3-13H,1-2H3,(H,21,22)/t13-/m0/s1. The van der Waals surface area contributed by atoms with Gasteiger partial charge in [-0.05, 0) is 43.3 Å². The number of nitrogens with one attached hydrogen (secondary N) is 1. The lowest BCUT2D eigenvalue weighted by molar-refractivity contribution is -0.122. The van der Waals surface area contributed by atoms with Gasteiger partial charge >= 0.3 is 0 Å². The average Bonchev–Trinajstić information content (AvgIpc) is 2.62. The zero-order valence-electron chi connectivity index (χ0n) is 13.5. The first-order valence-electron chi connectivity index (χ1n) is 7.62. The Morgan fingerprint density at radius 1 is 1.08 bits per heavy atom. The van der Waals surface area contributed by atoms with Crippen molar-refractivity contribution in [2.24, 2.45) is 0 Å². The van der Waals surface area contributed by atoms with E-state index in [2.05, 4.69) is 10.3 Å². The van der Waals surface area contributed by atoms with E-state index < -0.39 is 6.10 Å². The number of anilines is 1. The van der Waals surface area contributed by atoms with E-state index in [1.54, 1.807) is 44.5 Å². The molecule has 0 unspecified atom stereocenters. The van der Waals surface area contributed by atoms with Gasteiger partial charge in [-0.25, -0.2) is 0 Å². The Balaban J connectivity index is 1.66. The molecule has 0 fully saturated rings. The van der Waals surface area contributed by atoms with Gasteiger partial charge in [0.15, 0.2) is 6.10 Å². The van der Waals surface area contributed by atoms with Crippen molar-refractivity contribution in [3.8, 4) is 11.5 Å². The molecule has 0 saturated heterocycles. The summed E-state index contributed by atoms with van der Waals surface area (Å²) in [5.41, 5.74) is 1.53. The van der Waals surface area contributed by atoms with E-state index in [4.69, 9.17) is 9.47 Å². The molecule has 5 nitrogen and oxygen atoms in total. The van der Waals surface area contributed by atoms with Gasteiger partial charge in [0.2, 0.25) is 0 Å². The van der Waals surface area contributed by atoms with Crippen LogP contribution in [0.1, 0.15) is 6.92 Å². The maximum atomic E-state index is 12.3. The molecule has 0 radical (unpaired) electrons. The van der Waals surface area contributed by atoms with Crippen molar-refractivity contribution in [2.45, 2.75) is 13.0 Å². The van der Waals surface area contributed by atoms with Crippen molar-refractivity contribution in [2.75, 3.05) is 12.4 Å². The number of pyridine rings is 1. The molecule has 0 saturated carbocycles. The highest BCUT2D eigenvalue weighted by Gasteiger charge is 2.15. The molecule has 1 amide bonds. The molecule has 3 rings (SSSR count). The Morgan fingerprint density at radius 2 is 1.79 bits per heavy atom. The number of para-hydroxylation sites is 1. The number of carbonyl (C=O) groups excluding carboxylic acids is 1. The first-order chi connectivity index (χ1) is 11.7. The predicted molar refractivity (Wildman–Crippen MR) is 93.5 cm³/mol. The van der Waals surface area contributed by atoms with Crippen LogP contribution in [0.3, 0.4) is 0 Å². The van der Waals surface area contributed by atoms with Crippen LogP contribution in [0.15, 0.2) is 60.8 Å². The van der Waals surface area contributed by atoms with Crippen molar-refractivity contribution < 1.29 is 14.3 Å². The van der Waals surface area contributed by atoms with Gasteiger partial charge in [-0.15, -0.1) is 0 Å². The van der Waals surface area contributed by atoms with Crippen LogP contribution >= 0.6 is 0 Å². The van der Waals surface area contributed by atoms with Crippen LogP contribution in [0.5, 0.6) is 11.5 Å². The number of aromatic nitrogens is 1. The van der Waals surface area contributed by atoms with Gasteiger partial charge in [-0.3, -0.25) is 9.78 Å². The van der Waals surface area contributed by atoms with E-state index in [9.17, 15) is 4.79 Å². The molecule has 1 heterocycles. The second-order valence-corrected chi connectivity index (χ2v) is 5.34. The third-order valence-electron chi connectivity index (χ3n) is 3.60. The summed E-state index contributed by atoms with van der Waals surface area (Å²) >= 11 is 0. The smallest absolute Gasteiger partial charge is 0.265 e. The first-order valence-corrected chi connectivity index (χ1v) is 7.62. The molecular formula is C19H18N2O3.